The molecule has 0 aliphatic heterocycles. The summed E-state index contributed by atoms with van der Waals surface area (Å²) in [5.74, 6) is 2.51. The highest BCUT2D eigenvalue weighted by Gasteiger charge is 2.13. The molecule has 7 nitrogen and oxygen atoms in total. The molecule has 0 atom stereocenters. The molecular weight excluding hydrogens is 352 g/mol. The Morgan fingerprint density at radius 2 is 1.73 bits per heavy atom. The Balaban J connectivity index is 1.95. The molecule has 3 aromatic rings. The van der Waals surface area contributed by atoms with Gasteiger partial charge in [0, 0.05) is 17.0 Å². The van der Waals surface area contributed by atoms with Gasteiger partial charge in [0.05, 0.1) is 38.5 Å². The van der Waals surface area contributed by atoms with E-state index in [2.05, 4.69) is 34.3 Å². The second-order valence-corrected chi connectivity index (χ2v) is 6.70. The molecule has 0 aliphatic carbocycles. The van der Waals surface area contributed by atoms with Crippen molar-refractivity contribution >= 4 is 33.6 Å². The molecule has 136 valence electrons. The van der Waals surface area contributed by atoms with Crippen LogP contribution in [0.5, 0.6) is 17.2 Å². The van der Waals surface area contributed by atoms with Gasteiger partial charge < -0.3 is 14.2 Å². The van der Waals surface area contributed by atoms with Gasteiger partial charge in [0.15, 0.2) is 5.82 Å². The highest BCUT2D eigenvalue weighted by atomic mass is 32.1. The van der Waals surface area contributed by atoms with Gasteiger partial charge in [-0.2, -0.15) is 5.10 Å². The van der Waals surface area contributed by atoms with E-state index in [4.69, 9.17) is 14.2 Å². The van der Waals surface area contributed by atoms with E-state index in [1.807, 2.05) is 0 Å². The molecule has 0 saturated carbocycles. The van der Waals surface area contributed by atoms with E-state index < -0.39 is 0 Å². The molecule has 0 fully saturated rings. The van der Waals surface area contributed by atoms with Crippen molar-refractivity contribution in [3.05, 3.63) is 34.5 Å². The first-order valence-electron chi connectivity index (χ1n) is 7.88. The number of hydrazone groups is 1. The second-order valence-electron chi connectivity index (χ2n) is 5.50. The van der Waals surface area contributed by atoms with Gasteiger partial charge in [-0.1, -0.05) is 0 Å². The quantitative estimate of drug-likeness (QED) is 0.524. The molecule has 3 rings (SSSR count). The number of benzene rings is 1. The molecule has 0 spiro atoms. The van der Waals surface area contributed by atoms with Gasteiger partial charge in [-0.05, 0) is 19.4 Å². The zero-order valence-corrected chi connectivity index (χ0v) is 16.1. The third-order valence-electron chi connectivity index (χ3n) is 4.08. The van der Waals surface area contributed by atoms with E-state index in [9.17, 15) is 0 Å². The fraction of sp³-hybridized carbons (Fsp3) is 0.278. The lowest BCUT2D eigenvalue weighted by Crippen LogP contribution is -2.00. The van der Waals surface area contributed by atoms with Gasteiger partial charge in [0.1, 0.15) is 28.4 Å². The molecule has 0 unspecified atom stereocenters. The van der Waals surface area contributed by atoms with Gasteiger partial charge in [-0.25, -0.2) is 9.97 Å². The third kappa shape index (κ3) is 3.28. The van der Waals surface area contributed by atoms with Crippen molar-refractivity contribution in [1.82, 2.24) is 9.97 Å². The predicted molar refractivity (Wildman–Crippen MR) is 104 cm³/mol. The van der Waals surface area contributed by atoms with Crippen LogP contribution in [0.4, 0.5) is 5.82 Å². The lowest BCUT2D eigenvalue weighted by Gasteiger charge is -2.12. The highest BCUT2D eigenvalue weighted by molar-refractivity contribution is 7.18. The number of thiophene rings is 1. The molecule has 26 heavy (non-hydrogen) atoms. The number of anilines is 1. The minimum absolute atomic E-state index is 0.599. The van der Waals surface area contributed by atoms with Crippen LogP contribution in [0.2, 0.25) is 0 Å². The minimum atomic E-state index is 0.599. The summed E-state index contributed by atoms with van der Waals surface area (Å²) in [5, 5.41) is 5.31. The molecule has 2 aromatic heterocycles. The normalized spacial score (nSPS) is 11.1. The maximum absolute atomic E-state index is 5.42. The van der Waals surface area contributed by atoms with Gasteiger partial charge in [-0.15, -0.1) is 11.3 Å². The van der Waals surface area contributed by atoms with E-state index in [-0.39, 0.29) is 0 Å². The van der Waals surface area contributed by atoms with Crippen LogP contribution in [0, 0.1) is 13.8 Å². The summed E-state index contributed by atoms with van der Waals surface area (Å²) in [4.78, 5) is 10.8. The van der Waals surface area contributed by atoms with Crippen LogP contribution in [0.3, 0.4) is 0 Å². The molecule has 0 saturated heterocycles. The first kappa shape index (κ1) is 17.9. The number of rotatable bonds is 6. The third-order valence-corrected chi connectivity index (χ3v) is 5.20. The molecule has 0 aliphatic rings. The summed E-state index contributed by atoms with van der Waals surface area (Å²) in [6, 6.07) is 3.55. The molecule has 1 aromatic carbocycles. The Labute approximate surface area is 155 Å². The largest absolute Gasteiger partial charge is 0.496 e. The van der Waals surface area contributed by atoms with Crippen molar-refractivity contribution in [2.45, 2.75) is 13.8 Å². The summed E-state index contributed by atoms with van der Waals surface area (Å²) in [6.45, 7) is 4.13. The molecule has 0 amide bonds. The Kier molecular flexibility index (Phi) is 5.22. The number of hydrogen-bond acceptors (Lipinski definition) is 8. The summed E-state index contributed by atoms with van der Waals surface area (Å²) in [6.07, 6.45) is 3.17. The van der Waals surface area contributed by atoms with Crippen molar-refractivity contribution in [2.24, 2.45) is 5.10 Å². The first-order chi connectivity index (χ1) is 12.6. The van der Waals surface area contributed by atoms with Crippen LogP contribution in [-0.4, -0.2) is 37.5 Å². The number of nitrogens with zero attached hydrogens (tertiary/aromatic N) is 3. The number of methoxy groups -OCH3 is 3. The van der Waals surface area contributed by atoms with Crippen molar-refractivity contribution in [3.63, 3.8) is 0 Å². The lowest BCUT2D eigenvalue weighted by molar-refractivity contribution is 0.374. The van der Waals surface area contributed by atoms with Gasteiger partial charge in [0.25, 0.3) is 0 Å². The second kappa shape index (κ2) is 7.57. The van der Waals surface area contributed by atoms with Crippen LogP contribution in [0.25, 0.3) is 10.2 Å². The Hall–Kier alpha value is -2.87. The van der Waals surface area contributed by atoms with Crippen molar-refractivity contribution in [1.29, 1.82) is 0 Å². The first-order valence-corrected chi connectivity index (χ1v) is 8.70. The summed E-state index contributed by atoms with van der Waals surface area (Å²) >= 11 is 1.64. The number of hydrogen-bond donors (Lipinski definition) is 1. The van der Waals surface area contributed by atoms with Crippen LogP contribution in [0.15, 0.2) is 23.6 Å². The van der Waals surface area contributed by atoms with Crippen LogP contribution in [-0.2, 0) is 0 Å². The Morgan fingerprint density at radius 1 is 1.04 bits per heavy atom. The van der Waals surface area contributed by atoms with Gasteiger partial charge in [-0.3, -0.25) is 5.43 Å². The topological polar surface area (TPSA) is 77.9 Å². The van der Waals surface area contributed by atoms with Crippen LogP contribution in [0.1, 0.15) is 16.0 Å². The maximum atomic E-state index is 5.42. The zero-order valence-electron chi connectivity index (χ0n) is 15.3. The molecule has 2 heterocycles. The zero-order chi connectivity index (χ0) is 18.7. The van der Waals surface area contributed by atoms with Crippen LogP contribution >= 0.6 is 11.3 Å². The Morgan fingerprint density at radius 3 is 2.35 bits per heavy atom. The fourth-order valence-corrected chi connectivity index (χ4v) is 3.58. The van der Waals surface area contributed by atoms with Gasteiger partial charge in [0.2, 0.25) is 0 Å². The molecule has 0 bridgehead atoms. The highest BCUT2D eigenvalue weighted by Crippen LogP contribution is 2.34. The number of aromatic nitrogens is 2. The number of ether oxygens (including phenoxy) is 3. The van der Waals surface area contributed by atoms with Crippen molar-refractivity contribution in [3.8, 4) is 17.2 Å². The fourth-order valence-electron chi connectivity index (χ4n) is 2.59. The SMILES string of the molecule is COc1cc(OC)c(C=NNc2ncnc3sc(C)c(C)c23)c(OC)c1. The number of aryl methyl sites for hydroxylation is 2. The number of fused-ring (bicyclic) bond motifs is 1. The van der Waals surface area contributed by atoms with E-state index in [1.54, 1.807) is 51.0 Å². The predicted octanol–water partition coefficient (Wildman–Crippen LogP) is 3.78. The van der Waals surface area contributed by atoms with Crippen molar-refractivity contribution in [2.75, 3.05) is 26.8 Å². The Bertz CT molecular complexity index is 943. The van der Waals surface area contributed by atoms with E-state index in [0.717, 1.165) is 15.8 Å². The van der Waals surface area contributed by atoms with E-state index in [1.165, 1.54) is 11.2 Å². The lowest BCUT2D eigenvalue weighted by atomic mass is 10.2. The average molecular weight is 372 g/mol. The van der Waals surface area contributed by atoms with E-state index in [0.29, 0.717) is 28.6 Å². The van der Waals surface area contributed by atoms with Crippen LogP contribution < -0.4 is 19.6 Å². The standard InChI is InChI=1S/C18H20N4O3S/c1-10-11(2)26-18-16(10)17(19-9-20-18)22-21-8-13-14(24-4)6-12(23-3)7-15(13)25-5/h6-9H,1-5H3,(H,19,20,22). The number of nitrogens with one attached hydrogen (secondary N) is 1. The molecule has 1 N–H and O–H groups in total. The summed E-state index contributed by atoms with van der Waals surface area (Å²) in [5.41, 5.74) is 4.86. The molecule has 0 radical (unpaired) electrons. The minimum Gasteiger partial charge on any atom is -0.496 e. The molecule has 8 heteroatoms. The van der Waals surface area contributed by atoms with Gasteiger partial charge >= 0.3 is 0 Å². The monoisotopic (exact) mass is 372 g/mol. The van der Waals surface area contributed by atoms with Crippen molar-refractivity contribution < 1.29 is 14.2 Å². The van der Waals surface area contributed by atoms with E-state index >= 15 is 0 Å². The maximum Gasteiger partial charge on any atom is 0.158 e. The summed E-state index contributed by atoms with van der Waals surface area (Å²) < 4.78 is 16.1. The summed E-state index contributed by atoms with van der Waals surface area (Å²) in [7, 11) is 4.77. The molecular formula is C18H20N4O3S. The smallest absolute Gasteiger partial charge is 0.158 e. The average Bonchev–Trinajstić information content (AvgIpc) is 2.96.